The van der Waals surface area contributed by atoms with Crippen LogP contribution in [0.15, 0.2) is 29.6 Å². The first-order chi connectivity index (χ1) is 14.5. The average Bonchev–Trinajstić information content (AvgIpc) is 3.18. The summed E-state index contributed by atoms with van der Waals surface area (Å²) in [6.45, 7) is 6.33. The Morgan fingerprint density at radius 3 is 2.90 bits per heavy atom. The number of fused-ring (bicyclic) bond motifs is 1. The number of nitrogens with zero attached hydrogens (tertiary/aromatic N) is 4. The molecule has 0 spiro atoms. The summed E-state index contributed by atoms with van der Waals surface area (Å²) in [5.74, 6) is 1.56. The molecule has 1 aliphatic rings. The Bertz CT molecular complexity index is 1050. The number of rotatable bonds is 6. The van der Waals surface area contributed by atoms with Gasteiger partial charge in [0.05, 0.1) is 18.6 Å². The summed E-state index contributed by atoms with van der Waals surface area (Å²) in [5, 5.41) is 4.72. The number of benzene rings is 1. The molecule has 1 saturated heterocycles. The lowest BCUT2D eigenvalue weighted by Gasteiger charge is -2.29. The minimum absolute atomic E-state index is 0.106. The van der Waals surface area contributed by atoms with E-state index in [4.69, 9.17) is 9.72 Å². The maximum absolute atomic E-state index is 12.5. The number of aromatic nitrogens is 3. The molecule has 3 aromatic rings. The van der Waals surface area contributed by atoms with Gasteiger partial charge in [-0.3, -0.25) is 4.79 Å². The highest BCUT2D eigenvalue weighted by atomic mass is 32.2. The molecule has 1 amide bonds. The van der Waals surface area contributed by atoms with Gasteiger partial charge < -0.3 is 15.0 Å². The monoisotopic (exact) mass is 443 g/mol. The van der Waals surface area contributed by atoms with Crippen molar-refractivity contribution in [2.75, 3.05) is 36.2 Å². The molecule has 1 aliphatic heterocycles. The zero-order chi connectivity index (χ0) is 21.1. The summed E-state index contributed by atoms with van der Waals surface area (Å²) < 4.78 is 6.28. The maximum Gasteiger partial charge on any atom is 0.234 e. The molecule has 0 aliphatic carbocycles. The molecule has 4 rings (SSSR count). The van der Waals surface area contributed by atoms with Crippen LogP contribution >= 0.6 is 23.1 Å². The quantitative estimate of drug-likeness (QED) is 0.447. The van der Waals surface area contributed by atoms with Crippen LogP contribution in [-0.2, 0) is 4.79 Å². The first-order valence-electron chi connectivity index (χ1n) is 9.97. The van der Waals surface area contributed by atoms with E-state index in [1.807, 2.05) is 25.1 Å². The van der Waals surface area contributed by atoms with Crippen molar-refractivity contribution in [1.29, 1.82) is 0 Å². The van der Waals surface area contributed by atoms with Gasteiger partial charge in [0.2, 0.25) is 5.91 Å². The van der Waals surface area contributed by atoms with E-state index >= 15 is 0 Å². The molecule has 7 nitrogen and oxygen atoms in total. The predicted molar refractivity (Wildman–Crippen MR) is 123 cm³/mol. The molecule has 0 radical (unpaired) electrons. The highest BCUT2D eigenvalue weighted by Gasteiger charge is 2.21. The number of thioether (sulfide) groups is 1. The lowest BCUT2D eigenvalue weighted by molar-refractivity contribution is -0.113. The van der Waals surface area contributed by atoms with E-state index in [9.17, 15) is 4.79 Å². The lowest BCUT2D eigenvalue weighted by Crippen LogP contribution is -2.32. The van der Waals surface area contributed by atoms with Gasteiger partial charge in [0.15, 0.2) is 10.8 Å². The number of aryl methyl sites for hydroxylation is 1. The van der Waals surface area contributed by atoms with Crippen LogP contribution in [0.2, 0.25) is 0 Å². The molecule has 0 unspecified atom stereocenters. The number of piperidine rings is 1. The van der Waals surface area contributed by atoms with E-state index in [0.717, 1.165) is 39.4 Å². The Kier molecular flexibility index (Phi) is 6.38. The molecule has 0 saturated carbocycles. The van der Waals surface area contributed by atoms with Gasteiger partial charge >= 0.3 is 0 Å². The normalized spacial score (nSPS) is 14.8. The van der Waals surface area contributed by atoms with E-state index in [2.05, 4.69) is 27.1 Å². The van der Waals surface area contributed by atoms with Gasteiger partial charge in [0.1, 0.15) is 21.8 Å². The van der Waals surface area contributed by atoms with Crippen LogP contribution in [0.25, 0.3) is 10.3 Å². The highest BCUT2D eigenvalue weighted by molar-refractivity contribution is 8.00. The fourth-order valence-corrected chi connectivity index (χ4v) is 5.34. The number of methoxy groups -OCH3 is 1. The zero-order valence-corrected chi connectivity index (χ0v) is 19.0. The Balaban J connectivity index is 1.45. The Morgan fingerprint density at radius 2 is 2.13 bits per heavy atom. The lowest BCUT2D eigenvalue weighted by atomic mass is 10.00. The number of carbonyl (C=O) groups is 1. The number of hydrogen-bond acceptors (Lipinski definition) is 8. The summed E-state index contributed by atoms with van der Waals surface area (Å²) in [4.78, 5) is 28.3. The van der Waals surface area contributed by atoms with Gasteiger partial charge in [0.25, 0.3) is 0 Å². The molecular weight excluding hydrogens is 418 g/mol. The molecule has 1 aromatic carbocycles. The van der Waals surface area contributed by atoms with Crippen LogP contribution in [0.3, 0.4) is 0 Å². The first-order valence-corrected chi connectivity index (χ1v) is 11.8. The van der Waals surface area contributed by atoms with E-state index in [1.54, 1.807) is 18.4 Å². The van der Waals surface area contributed by atoms with Crippen LogP contribution < -0.4 is 15.0 Å². The van der Waals surface area contributed by atoms with Crippen LogP contribution in [-0.4, -0.2) is 46.8 Å². The standard InChI is InChI=1S/C21H25N5O2S2/c1-13-6-8-26(9-7-13)21-25-19-18(30-21)20(23-12-22-19)29-11-17(27)24-15-10-14(2)4-5-16(15)28-3/h4-5,10,12-13H,6-9,11H2,1-3H3,(H,24,27). The van der Waals surface area contributed by atoms with Crippen molar-refractivity contribution < 1.29 is 9.53 Å². The van der Waals surface area contributed by atoms with Crippen molar-refractivity contribution in [2.24, 2.45) is 5.92 Å². The van der Waals surface area contributed by atoms with Crippen molar-refractivity contribution in [1.82, 2.24) is 15.0 Å². The first kappa shape index (κ1) is 20.9. The number of anilines is 2. The third kappa shape index (κ3) is 4.67. The zero-order valence-electron chi connectivity index (χ0n) is 17.3. The van der Waals surface area contributed by atoms with Crippen molar-refractivity contribution in [3.05, 3.63) is 30.1 Å². The van der Waals surface area contributed by atoms with Gasteiger partial charge in [-0.2, -0.15) is 4.98 Å². The topological polar surface area (TPSA) is 80.2 Å². The number of carbonyl (C=O) groups excluding carboxylic acids is 1. The largest absolute Gasteiger partial charge is 0.495 e. The third-order valence-corrected chi connectivity index (χ3v) is 7.40. The number of hydrogen-bond donors (Lipinski definition) is 1. The smallest absolute Gasteiger partial charge is 0.234 e. The average molecular weight is 444 g/mol. The fraction of sp³-hybridized carbons (Fsp3) is 0.429. The van der Waals surface area contributed by atoms with E-state index in [-0.39, 0.29) is 11.7 Å². The minimum Gasteiger partial charge on any atom is -0.495 e. The number of nitrogens with one attached hydrogen (secondary N) is 1. The second-order valence-electron chi connectivity index (χ2n) is 7.54. The molecule has 0 atom stereocenters. The second kappa shape index (κ2) is 9.18. The van der Waals surface area contributed by atoms with E-state index in [0.29, 0.717) is 17.1 Å². The number of thiazole rings is 1. The Labute approximate surface area is 184 Å². The molecule has 3 heterocycles. The summed E-state index contributed by atoms with van der Waals surface area (Å²) >= 11 is 3.02. The van der Waals surface area contributed by atoms with Crippen molar-refractivity contribution in [3.63, 3.8) is 0 Å². The maximum atomic E-state index is 12.5. The molecule has 1 fully saturated rings. The van der Waals surface area contributed by atoms with Gasteiger partial charge in [-0.1, -0.05) is 36.1 Å². The summed E-state index contributed by atoms with van der Waals surface area (Å²) in [7, 11) is 1.59. The molecule has 30 heavy (non-hydrogen) atoms. The molecule has 158 valence electrons. The summed E-state index contributed by atoms with van der Waals surface area (Å²) in [6.07, 6.45) is 3.89. The highest BCUT2D eigenvalue weighted by Crippen LogP contribution is 2.35. The second-order valence-corrected chi connectivity index (χ2v) is 9.48. The Hall–Kier alpha value is -2.39. The molecule has 0 bridgehead atoms. The van der Waals surface area contributed by atoms with Crippen molar-refractivity contribution >= 4 is 50.2 Å². The van der Waals surface area contributed by atoms with E-state index in [1.165, 1.54) is 30.9 Å². The van der Waals surface area contributed by atoms with Crippen molar-refractivity contribution in [2.45, 2.75) is 31.7 Å². The van der Waals surface area contributed by atoms with Gasteiger partial charge in [0, 0.05) is 13.1 Å². The predicted octanol–water partition coefficient (Wildman–Crippen LogP) is 4.37. The number of amides is 1. The number of ether oxygens (including phenoxy) is 1. The summed E-state index contributed by atoms with van der Waals surface area (Å²) in [6, 6.07) is 5.71. The van der Waals surface area contributed by atoms with Crippen LogP contribution in [0.1, 0.15) is 25.3 Å². The molecule has 1 N–H and O–H groups in total. The molecule has 2 aromatic heterocycles. The van der Waals surface area contributed by atoms with Crippen LogP contribution in [0, 0.1) is 12.8 Å². The molecular formula is C21H25N5O2S2. The van der Waals surface area contributed by atoms with Gasteiger partial charge in [-0.05, 0) is 43.4 Å². The van der Waals surface area contributed by atoms with Crippen LogP contribution in [0.4, 0.5) is 10.8 Å². The third-order valence-electron chi connectivity index (χ3n) is 5.17. The van der Waals surface area contributed by atoms with E-state index < -0.39 is 0 Å². The van der Waals surface area contributed by atoms with Gasteiger partial charge in [-0.25, -0.2) is 9.97 Å². The Morgan fingerprint density at radius 1 is 1.33 bits per heavy atom. The van der Waals surface area contributed by atoms with Crippen molar-refractivity contribution in [3.8, 4) is 5.75 Å². The van der Waals surface area contributed by atoms with Crippen LogP contribution in [0.5, 0.6) is 5.75 Å². The fourth-order valence-electron chi connectivity index (χ4n) is 3.40. The summed E-state index contributed by atoms with van der Waals surface area (Å²) in [5.41, 5.74) is 2.43. The SMILES string of the molecule is COc1ccc(C)cc1NC(=O)CSc1ncnc2nc(N3CCC(C)CC3)sc12. The molecule has 9 heteroatoms. The minimum atomic E-state index is -0.106. The van der Waals surface area contributed by atoms with Gasteiger partial charge in [-0.15, -0.1) is 0 Å².